The zero-order valence-electron chi connectivity index (χ0n) is 12.5. The van der Waals surface area contributed by atoms with E-state index in [1.165, 1.54) is 0 Å². The number of nitrogens with zero attached hydrogens (tertiary/aromatic N) is 2. The van der Waals surface area contributed by atoms with Crippen LogP contribution < -0.4 is 10.2 Å². The number of benzene rings is 1. The molecule has 2 rings (SSSR count). The van der Waals surface area contributed by atoms with Crippen molar-refractivity contribution in [2.24, 2.45) is 0 Å². The van der Waals surface area contributed by atoms with Gasteiger partial charge in [0.2, 0.25) is 0 Å². The maximum atomic E-state index is 9.44. The molecular weight excluding hydrogens is 266 g/mol. The van der Waals surface area contributed by atoms with Crippen LogP contribution in [0.15, 0.2) is 18.2 Å². The Morgan fingerprint density at radius 1 is 1.52 bits per heavy atom. The minimum atomic E-state index is 0.141. The number of aliphatic hydroxyl groups is 1. The molecule has 1 aromatic rings. The first-order valence-electron chi connectivity index (χ1n) is 7.40. The second-order valence-electron chi connectivity index (χ2n) is 5.30. The van der Waals surface area contributed by atoms with Gasteiger partial charge in [0, 0.05) is 26.7 Å². The third-order valence-electron chi connectivity index (χ3n) is 3.89. The number of rotatable bonds is 7. The predicted octanol–water partition coefficient (Wildman–Crippen LogP) is 1.26. The Morgan fingerprint density at radius 3 is 3.10 bits per heavy atom. The predicted molar refractivity (Wildman–Crippen MR) is 82.2 cm³/mol. The molecule has 5 heteroatoms. The maximum absolute atomic E-state index is 9.44. The summed E-state index contributed by atoms with van der Waals surface area (Å²) >= 11 is 0. The molecule has 5 nitrogen and oxygen atoms in total. The van der Waals surface area contributed by atoms with E-state index < -0.39 is 0 Å². The normalized spacial score (nSPS) is 18.0. The van der Waals surface area contributed by atoms with Gasteiger partial charge in [0.05, 0.1) is 30.5 Å². The Balaban J connectivity index is 2.08. The number of aliphatic hydroxyl groups excluding tert-OH is 1. The van der Waals surface area contributed by atoms with E-state index in [1.807, 2.05) is 18.2 Å². The van der Waals surface area contributed by atoms with Crippen LogP contribution in [0.5, 0.6) is 0 Å². The molecule has 0 bridgehead atoms. The molecule has 1 unspecified atom stereocenters. The topological polar surface area (TPSA) is 68.5 Å². The van der Waals surface area contributed by atoms with Crippen LogP contribution >= 0.6 is 0 Å². The summed E-state index contributed by atoms with van der Waals surface area (Å²) in [7, 11) is 1.68. The molecule has 0 spiro atoms. The lowest BCUT2D eigenvalue weighted by Crippen LogP contribution is -2.32. The highest BCUT2D eigenvalue weighted by molar-refractivity contribution is 5.61. The summed E-state index contributed by atoms with van der Waals surface area (Å²) in [4.78, 5) is 2.15. The lowest BCUT2D eigenvalue weighted by molar-refractivity contribution is 0.199. The molecule has 1 fully saturated rings. The summed E-state index contributed by atoms with van der Waals surface area (Å²) in [6, 6.07) is 8.40. The molecule has 0 saturated carbocycles. The minimum absolute atomic E-state index is 0.141. The molecule has 1 heterocycles. The first-order valence-corrected chi connectivity index (χ1v) is 7.40. The van der Waals surface area contributed by atoms with Gasteiger partial charge in [-0.2, -0.15) is 5.26 Å². The second kappa shape index (κ2) is 7.99. The highest BCUT2D eigenvalue weighted by Crippen LogP contribution is 2.29. The summed E-state index contributed by atoms with van der Waals surface area (Å²) in [5.74, 6) is 0. The van der Waals surface area contributed by atoms with Crippen LogP contribution in [0.1, 0.15) is 24.0 Å². The van der Waals surface area contributed by atoms with Crippen LogP contribution in [0, 0.1) is 11.3 Å². The fraction of sp³-hybridized carbons (Fsp3) is 0.562. The zero-order chi connectivity index (χ0) is 15.1. The van der Waals surface area contributed by atoms with Gasteiger partial charge in [0.25, 0.3) is 0 Å². The van der Waals surface area contributed by atoms with Gasteiger partial charge in [-0.15, -0.1) is 0 Å². The van der Waals surface area contributed by atoms with E-state index in [1.54, 1.807) is 7.11 Å². The number of anilines is 1. The van der Waals surface area contributed by atoms with E-state index in [2.05, 4.69) is 16.3 Å². The van der Waals surface area contributed by atoms with Gasteiger partial charge >= 0.3 is 0 Å². The number of ether oxygens (including phenoxy) is 1. The van der Waals surface area contributed by atoms with Crippen molar-refractivity contribution in [3.05, 3.63) is 29.3 Å². The largest absolute Gasteiger partial charge is 0.394 e. The molecule has 0 aromatic heterocycles. The second-order valence-corrected chi connectivity index (χ2v) is 5.30. The summed E-state index contributed by atoms with van der Waals surface area (Å²) in [5, 5.41) is 22.1. The van der Waals surface area contributed by atoms with Crippen LogP contribution in [-0.4, -0.2) is 44.6 Å². The van der Waals surface area contributed by atoms with Gasteiger partial charge in [0.1, 0.15) is 6.07 Å². The third-order valence-corrected chi connectivity index (χ3v) is 3.89. The molecule has 114 valence electrons. The van der Waals surface area contributed by atoms with Crippen LogP contribution in [0.2, 0.25) is 0 Å². The van der Waals surface area contributed by atoms with Crippen molar-refractivity contribution >= 4 is 5.69 Å². The van der Waals surface area contributed by atoms with Crippen molar-refractivity contribution in [1.29, 1.82) is 5.26 Å². The van der Waals surface area contributed by atoms with E-state index in [9.17, 15) is 10.4 Å². The Hall–Kier alpha value is -1.61. The van der Waals surface area contributed by atoms with E-state index >= 15 is 0 Å². The first kappa shape index (κ1) is 15.8. The molecule has 21 heavy (non-hydrogen) atoms. The molecule has 0 radical (unpaired) electrons. The van der Waals surface area contributed by atoms with Crippen molar-refractivity contribution in [3.8, 4) is 6.07 Å². The zero-order valence-corrected chi connectivity index (χ0v) is 12.5. The smallest absolute Gasteiger partial charge is 0.101 e. The number of nitrogens with one attached hydrogen (secondary N) is 1. The van der Waals surface area contributed by atoms with Gasteiger partial charge in [-0.25, -0.2) is 0 Å². The van der Waals surface area contributed by atoms with Crippen LogP contribution in [0.25, 0.3) is 0 Å². The lowest BCUT2D eigenvalue weighted by Gasteiger charge is -2.26. The van der Waals surface area contributed by atoms with Gasteiger partial charge in [-0.1, -0.05) is 6.07 Å². The number of nitriles is 1. The molecular formula is C16H23N3O2. The van der Waals surface area contributed by atoms with Crippen LogP contribution in [0.4, 0.5) is 5.69 Å². The standard InChI is InChI=1S/C16H23N3O2/c1-21-8-6-18-11-13-4-5-16(14(9-13)10-17)19-7-2-3-15(19)12-20/h4-5,9,15,18,20H,2-3,6-8,11-12H2,1H3. The van der Waals surface area contributed by atoms with Gasteiger partial charge in [-0.05, 0) is 30.5 Å². The van der Waals surface area contributed by atoms with Crippen molar-refractivity contribution in [3.63, 3.8) is 0 Å². The number of methoxy groups -OCH3 is 1. The quantitative estimate of drug-likeness (QED) is 0.740. The fourth-order valence-electron chi connectivity index (χ4n) is 2.78. The summed E-state index contributed by atoms with van der Waals surface area (Å²) < 4.78 is 4.99. The highest BCUT2D eigenvalue weighted by Gasteiger charge is 2.25. The number of hydrogen-bond donors (Lipinski definition) is 2. The molecule has 1 aliphatic rings. The molecule has 2 N–H and O–H groups in total. The molecule has 1 aromatic carbocycles. The SMILES string of the molecule is COCCNCc1ccc(N2CCCC2CO)c(C#N)c1. The molecule has 1 saturated heterocycles. The lowest BCUT2D eigenvalue weighted by atomic mass is 10.1. The molecule has 0 aliphatic carbocycles. The average molecular weight is 289 g/mol. The third kappa shape index (κ3) is 3.94. The first-order chi connectivity index (χ1) is 10.3. The summed E-state index contributed by atoms with van der Waals surface area (Å²) in [6.45, 7) is 3.24. The van der Waals surface area contributed by atoms with Crippen LogP contribution in [0.3, 0.4) is 0 Å². The molecule has 0 amide bonds. The van der Waals surface area contributed by atoms with E-state index in [0.29, 0.717) is 12.2 Å². The minimum Gasteiger partial charge on any atom is -0.394 e. The Morgan fingerprint density at radius 2 is 2.38 bits per heavy atom. The highest BCUT2D eigenvalue weighted by atomic mass is 16.5. The van der Waals surface area contributed by atoms with Crippen molar-refractivity contribution in [2.45, 2.75) is 25.4 Å². The van der Waals surface area contributed by atoms with Crippen molar-refractivity contribution < 1.29 is 9.84 Å². The fourth-order valence-corrected chi connectivity index (χ4v) is 2.78. The van der Waals surface area contributed by atoms with Crippen LogP contribution in [-0.2, 0) is 11.3 Å². The molecule has 1 atom stereocenters. The van der Waals surface area contributed by atoms with E-state index in [4.69, 9.17) is 4.74 Å². The summed E-state index contributed by atoms with van der Waals surface area (Å²) in [5.41, 5.74) is 2.71. The van der Waals surface area contributed by atoms with Crippen molar-refractivity contribution in [2.75, 3.05) is 38.3 Å². The summed E-state index contributed by atoms with van der Waals surface area (Å²) in [6.07, 6.45) is 2.05. The maximum Gasteiger partial charge on any atom is 0.101 e. The van der Waals surface area contributed by atoms with Gasteiger partial charge in [-0.3, -0.25) is 0 Å². The molecule has 1 aliphatic heterocycles. The Bertz CT molecular complexity index is 499. The van der Waals surface area contributed by atoms with Crippen molar-refractivity contribution in [1.82, 2.24) is 5.32 Å². The van der Waals surface area contributed by atoms with E-state index in [-0.39, 0.29) is 12.6 Å². The monoisotopic (exact) mass is 289 g/mol. The van der Waals surface area contributed by atoms with Gasteiger partial charge in [0.15, 0.2) is 0 Å². The van der Waals surface area contributed by atoms with E-state index in [0.717, 1.165) is 43.7 Å². The number of hydrogen-bond acceptors (Lipinski definition) is 5. The average Bonchev–Trinajstić information content (AvgIpc) is 2.99. The Labute approximate surface area is 126 Å². The Kier molecular flexibility index (Phi) is 6.00. The van der Waals surface area contributed by atoms with Gasteiger partial charge < -0.3 is 20.1 Å².